The molecule has 0 aliphatic carbocycles. The zero-order valence-electron chi connectivity index (χ0n) is 9.32. The smallest absolute Gasteiger partial charge is 0.185 e. The predicted molar refractivity (Wildman–Crippen MR) is 71.2 cm³/mol. The summed E-state index contributed by atoms with van der Waals surface area (Å²) in [6.45, 7) is 5.32. The second-order valence-electron chi connectivity index (χ2n) is 3.18. The summed E-state index contributed by atoms with van der Waals surface area (Å²) in [7, 11) is 0. The Morgan fingerprint density at radius 3 is 2.94 bits per heavy atom. The summed E-state index contributed by atoms with van der Waals surface area (Å²) in [5, 5.41) is 0.147. The fourth-order valence-corrected chi connectivity index (χ4v) is 1.68. The molecule has 16 heavy (non-hydrogen) atoms. The highest BCUT2D eigenvalue weighted by atomic mass is 32.2. The molecule has 0 saturated carbocycles. The van der Waals surface area contributed by atoms with Gasteiger partial charge in [-0.05, 0) is 11.6 Å². The van der Waals surface area contributed by atoms with Crippen molar-refractivity contribution in [1.29, 1.82) is 0 Å². The van der Waals surface area contributed by atoms with Crippen molar-refractivity contribution in [2.75, 3.05) is 5.75 Å². The first-order valence-corrected chi connectivity index (χ1v) is 6.06. The maximum absolute atomic E-state index is 10.7. The Morgan fingerprint density at radius 1 is 1.50 bits per heavy atom. The fourth-order valence-electron chi connectivity index (χ4n) is 1.19. The normalized spacial score (nSPS) is 9.06. The van der Waals surface area contributed by atoms with Gasteiger partial charge in [-0.1, -0.05) is 54.5 Å². The van der Waals surface area contributed by atoms with E-state index in [2.05, 4.69) is 18.4 Å². The van der Waals surface area contributed by atoms with Gasteiger partial charge in [-0.25, -0.2) is 0 Å². The van der Waals surface area contributed by atoms with Gasteiger partial charge in [0.15, 0.2) is 5.12 Å². The van der Waals surface area contributed by atoms with E-state index in [1.807, 2.05) is 24.3 Å². The van der Waals surface area contributed by atoms with Gasteiger partial charge < -0.3 is 0 Å². The zero-order chi connectivity index (χ0) is 11.8. The number of rotatable bonds is 3. The molecule has 0 spiro atoms. The van der Waals surface area contributed by atoms with Crippen LogP contribution in [0.2, 0.25) is 0 Å². The van der Waals surface area contributed by atoms with Gasteiger partial charge in [0.05, 0.1) is 0 Å². The molecule has 0 bridgehead atoms. The standard InChI is InChI=1S/C14H14OS/c1-3-13-8-4-5-9-14(13)10-6-7-11-16-12(2)15/h3-5,8-9H,1,7,11H2,2H3. The average molecular weight is 230 g/mol. The summed E-state index contributed by atoms with van der Waals surface area (Å²) in [5.41, 5.74) is 2.04. The summed E-state index contributed by atoms with van der Waals surface area (Å²) in [4.78, 5) is 10.7. The highest BCUT2D eigenvalue weighted by Crippen LogP contribution is 2.08. The Bertz CT molecular complexity index is 438. The van der Waals surface area contributed by atoms with E-state index in [1.54, 1.807) is 13.0 Å². The number of carbonyl (C=O) groups is 1. The molecule has 0 fully saturated rings. The predicted octanol–water partition coefficient (Wildman–Crippen LogP) is 3.35. The Morgan fingerprint density at radius 2 is 2.25 bits per heavy atom. The molecule has 1 rings (SSSR count). The number of hydrogen-bond donors (Lipinski definition) is 0. The molecule has 1 nitrogen and oxygen atoms in total. The van der Waals surface area contributed by atoms with Crippen LogP contribution in [-0.2, 0) is 4.79 Å². The van der Waals surface area contributed by atoms with Crippen molar-refractivity contribution in [3.63, 3.8) is 0 Å². The molecule has 0 atom stereocenters. The van der Waals surface area contributed by atoms with Crippen molar-refractivity contribution in [3.05, 3.63) is 42.0 Å². The fraction of sp³-hybridized carbons (Fsp3) is 0.214. The van der Waals surface area contributed by atoms with Crippen LogP contribution < -0.4 is 0 Å². The number of carbonyl (C=O) groups excluding carboxylic acids is 1. The molecule has 1 aromatic rings. The summed E-state index contributed by atoms with van der Waals surface area (Å²) >= 11 is 1.31. The van der Waals surface area contributed by atoms with E-state index < -0.39 is 0 Å². The first-order valence-electron chi connectivity index (χ1n) is 5.07. The van der Waals surface area contributed by atoms with Gasteiger partial charge in [0, 0.05) is 24.7 Å². The van der Waals surface area contributed by atoms with E-state index in [0.717, 1.165) is 23.3 Å². The van der Waals surface area contributed by atoms with Gasteiger partial charge in [0.1, 0.15) is 0 Å². The summed E-state index contributed by atoms with van der Waals surface area (Å²) in [6.07, 6.45) is 2.53. The Balaban J connectivity index is 2.56. The minimum absolute atomic E-state index is 0.147. The monoisotopic (exact) mass is 230 g/mol. The topological polar surface area (TPSA) is 17.1 Å². The molecule has 1 aromatic carbocycles. The molecular weight excluding hydrogens is 216 g/mol. The zero-order valence-corrected chi connectivity index (χ0v) is 10.1. The molecule has 0 heterocycles. The SMILES string of the molecule is C=Cc1ccccc1C#CCCSC(C)=O. The van der Waals surface area contributed by atoms with Gasteiger partial charge >= 0.3 is 0 Å². The van der Waals surface area contributed by atoms with Gasteiger partial charge in [-0.3, -0.25) is 4.79 Å². The van der Waals surface area contributed by atoms with E-state index in [4.69, 9.17) is 0 Å². The second-order valence-corrected chi connectivity index (χ2v) is 4.46. The van der Waals surface area contributed by atoms with Crippen LogP contribution in [0.15, 0.2) is 30.8 Å². The molecule has 82 valence electrons. The van der Waals surface area contributed by atoms with Gasteiger partial charge in [0.2, 0.25) is 0 Å². The Hall–Kier alpha value is -1.46. The van der Waals surface area contributed by atoms with Crippen LogP contribution in [0.25, 0.3) is 6.08 Å². The lowest BCUT2D eigenvalue weighted by Crippen LogP contribution is -1.84. The van der Waals surface area contributed by atoms with Gasteiger partial charge in [0.25, 0.3) is 0 Å². The first kappa shape index (κ1) is 12.6. The van der Waals surface area contributed by atoms with E-state index in [-0.39, 0.29) is 5.12 Å². The molecule has 2 heteroatoms. The lowest BCUT2D eigenvalue weighted by atomic mass is 10.1. The molecule has 0 aromatic heterocycles. The van der Waals surface area contributed by atoms with Crippen molar-refractivity contribution in [1.82, 2.24) is 0 Å². The number of thioether (sulfide) groups is 1. The number of benzene rings is 1. The lowest BCUT2D eigenvalue weighted by Gasteiger charge is -1.96. The van der Waals surface area contributed by atoms with Crippen LogP contribution in [-0.4, -0.2) is 10.9 Å². The Kier molecular flexibility index (Phi) is 5.45. The molecule has 0 saturated heterocycles. The van der Waals surface area contributed by atoms with Crippen LogP contribution >= 0.6 is 11.8 Å². The molecule has 0 aliphatic heterocycles. The van der Waals surface area contributed by atoms with Crippen LogP contribution in [0, 0.1) is 11.8 Å². The average Bonchev–Trinajstić information content (AvgIpc) is 2.29. The van der Waals surface area contributed by atoms with Gasteiger partial charge in [-0.15, -0.1) is 0 Å². The first-order chi connectivity index (χ1) is 7.74. The summed E-state index contributed by atoms with van der Waals surface area (Å²) in [5.74, 6) is 6.92. The molecule has 0 radical (unpaired) electrons. The molecule has 0 aliphatic rings. The molecular formula is C14H14OS. The van der Waals surface area contributed by atoms with Crippen molar-refractivity contribution >= 4 is 23.0 Å². The molecule has 0 amide bonds. The van der Waals surface area contributed by atoms with Crippen LogP contribution in [0.1, 0.15) is 24.5 Å². The summed E-state index contributed by atoms with van der Waals surface area (Å²) < 4.78 is 0. The maximum Gasteiger partial charge on any atom is 0.185 e. The van der Waals surface area contributed by atoms with Crippen LogP contribution in [0.3, 0.4) is 0 Å². The maximum atomic E-state index is 10.7. The minimum atomic E-state index is 0.147. The van der Waals surface area contributed by atoms with Gasteiger partial charge in [-0.2, -0.15) is 0 Å². The Labute approximate surface area is 101 Å². The van der Waals surface area contributed by atoms with E-state index in [1.165, 1.54) is 11.8 Å². The number of hydrogen-bond acceptors (Lipinski definition) is 2. The third-order valence-corrected chi connectivity index (χ3v) is 2.75. The van der Waals surface area contributed by atoms with Crippen LogP contribution in [0.5, 0.6) is 0 Å². The largest absolute Gasteiger partial charge is 0.288 e. The van der Waals surface area contributed by atoms with E-state index in [9.17, 15) is 4.79 Å². The highest BCUT2D eigenvalue weighted by molar-refractivity contribution is 8.13. The third-order valence-electron chi connectivity index (χ3n) is 1.94. The summed E-state index contributed by atoms with van der Waals surface area (Å²) in [6, 6.07) is 7.89. The second kappa shape index (κ2) is 6.92. The quantitative estimate of drug-likeness (QED) is 0.585. The van der Waals surface area contributed by atoms with Crippen molar-refractivity contribution in [2.24, 2.45) is 0 Å². The van der Waals surface area contributed by atoms with Crippen molar-refractivity contribution < 1.29 is 4.79 Å². The molecule has 0 N–H and O–H groups in total. The lowest BCUT2D eigenvalue weighted by molar-refractivity contribution is -0.109. The third kappa shape index (κ3) is 4.37. The highest BCUT2D eigenvalue weighted by Gasteiger charge is 1.93. The van der Waals surface area contributed by atoms with E-state index in [0.29, 0.717) is 0 Å². The molecule has 0 unspecified atom stereocenters. The van der Waals surface area contributed by atoms with Crippen molar-refractivity contribution in [2.45, 2.75) is 13.3 Å². The van der Waals surface area contributed by atoms with E-state index >= 15 is 0 Å². The minimum Gasteiger partial charge on any atom is -0.288 e. The van der Waals surface area contributed by atoms with Crippen molar-refractivity contribution in [3.8, 4) is 11.8 Å². The van der Waals surface area contributed by atoms with Crippen LogP contribution in [0.4, 0.5) is 0 Å².